The summed E-state index contributed by atoms with van der Waals surface area (Å²) in [6.45, 7) is 3.44. The van der Waals surface area contributed by atoms with Gasteiger partial charge in [-0.3, -0.25) is 0 Å². The summed E-state index contributed by atoms with van der Waals surface area (Å²) in [4.78, 5) is 0.148. The van der Waals surface area contributed by atoms with Crippen LogP contribution in [-0.2, 0) is 10.0 Å². The van der Waals surface area contributed by atoms with Gasteiger partial charge in [-0.05, 0) is 26.0 Å². The van der Waals surface area contributed by atoms with Crippen LogP contribution in [0.4, 0.5) is 0 Å². The van der Waals surface area contributed by atoms with E-state index in [1.165, 1.54) is 12.1 Å². The lowest BCUT2D eigenvalue weighted by Crippen LogP contribution is -2.11. The second-order valence-electron chi connectivity index (χ2n) is 2.95. The summed E-state index contributed by atoms with van der Waals surface area (Å²) < 4.78 is 21.2. The van der Waals surface area contributed by atoms with E-state index in [2.05, 4.69) is 0 Å². The predicted molar refractivity (Wildman–Crippen MR) is 55.2 cm³/mol. The largest absolute Gasteiger partial charge is 0.394 e. The van der Waals surface area contributed by atoms with Crippen molar-refractivity contribution in [1.82, 2.24) is 0 Å². The average Bonchev–Trinajstić information content (AvgIpc) is 2.03. The van der Waals surface area contributed by atoms with Crippen molar-refractivity contribution < 1.29 is 13.5 Å². The standard InChI is InChI=1S/C6H7NO2S.C3H8O/c7-10(8,9)6-4-2-1-3-5-6;1-3(2)4/h1-5H,(H2,7,8,9);3-4H,1-2H3. The Labute approximate surface area is 84.4 Å². The zero-order valence-electron chi connectivity index (χ0n) is 8.21. The molecular formula is C9H15NO3S. The maximum Gasteiger partial charge on any atom is 0.238 e. The highest BCUT2D eigenvalue weighted by Gasteiger charge is 2.03. The third-order valence-corrected chi connectivity index (χ3v) is 2.00. The first-order chi connectivity index (χ1) is 6.34. The Bertz CT molecular complexity index is 343. The summed E-state index contributed by atoms with van der Waals surface area (Å²) in [5.41, 5.74) is 0. The Morgan fingerprint density at radius 3 is 1.79 bits per heavy atom. The molecule has 0 aliphatic heterocycles. The van der Waals surface area contributed by atoms with Gasteiger partial charge in [0.1, 0.15) is 0 Å². The van der Waals surface area contributed by atoms with Crippen molar-refractivity contribution >= 4 is 10.0 Å². The van der Waals surface area contributed by atoms with Gasteiger partial charge in [-0.15, -0.1) is 0 Å². The molecule has 0 saturated carbocycles. The molecule has 0 amide bonds. The van der Waals surface area contributed by atoms with Gasteiger partial charge in [-0.1, -0.05) is 18.2 Å². The molecule has 0 aliphatic rings. The van der Waals surface area contributed by atoms with Gasteiger partial charge in [0.05, 0.1) is 4.90 Å². The lowest BCUT2D eigenvalue weighted by Gasteiger charge is -1.93. The van der Waals surface area contributed by atoms with Crippen molar-refractivity contribution in [2.24, 2.45) is 5.14 Å². The number of rotatable bonds is 1. The van der Waals surface area contributed by atoms with Crippen LogP contribution in [0.3, 0.4) is 0 Å². The number of sulfonamides is 1. The molecule has 0 saturated heterocycles. The number of primary sulfonamides is 1. The van der Waals surface area contributed by atoms with E-state index in [4.69, 9.17) is 10.2 Å². The summed E-state index contributed by atoms with van der Waals surface area (Å²) in [6.07, 6.45) is -0.167. The van der Waals surface area contributed by atoms with Crippen LogP contribution in [0, 0.1) is 0 Å². The molecule has 3 N–H and O–H groups in total. The van der Waals surface area contributed by atoms with E-state index in [0.29, 0.717) is 0 Å². The highest BCUT2D eigenvalue weighted by molar-refractivity contribution is 7.89. The third kappa shape index (κ3) is 6.59. The maximum atomic E-state index is 10.6. The van der Waals surface area contributed by atoms with E-state index >= 15 is 0 Å². The summed E-state index contributed by atoms with van der Waals surface area (Å²) in [5, 5.41) is 12.9. The molecule has 0 fully saturated rings. The highest BCUT2D eigenvalue weighted by atomic mass is 32.2. The van der Waals surface area contributed by atoms with E-state index in [-0.39, 0.29) is 11.0 Å². The van der Waals surface area contributed by atoms with Crippen molar-refractivity contribution in [3.05, 3.63) is 30.3 Å². The summed E-state index contributed by atoms with van der Waals surface area (Å²) >= 11 is 0. The molecule has 0 unspecified atom stereocenters. The molecule has 1 rings (SSSR count). The first-order valence-electron chi connectivity index (χ1n) is 4.10. The first kappa shape index (κ1) is 13.1. The minimum absolute atomic E-state index is 0.148. The summed E-state index contributed by atoms with van der Waals surface area (Å²) in [5.74, 6) is 0. The van der Waals surface area contributed by atoms with Crippen molar-refractivity contribution in [2.45, 2.75) is 24.8 Å². The SMILES string of the molecule is CC(C)O.NS(=O)(=O)c1ccccc1. The molecule has 0 aromatic heterocycles. The average molecular weight is 217 g/mol. The van der Waals surface area contributed by atoms with Crippen LogP contribution in [0.1, 0.15) is 13.8 Å². The number of aliphatic hydroxyl groups is 1. The minimum atomic E-state index is -3.50. The molecule has 1 aromatic carbocycles. The smallest absolute Gasteiger partial charge is 0.238 e. The minimum Gasteiger partial charge on any atom is -0.394 e. The fourth-order valence-electron chi connectivity index (χ4n) is 0.610. The molecule has 0 bridgehead atoms. The third-order valence-electron chi connectivity index (χ3n) is 1.07. The Hall–Kier alpha value is -0.910. The monoisotopic (exact) mass is 217 g/mol. The topological polar surface area (TPSA) is 80.4 Å². The van der Waals surface area contributed by atoms with Crippen LogP contribution < -0.4 is 5.14 Å². The summed E-state index contributed by atoms with van der Waals surface area (Å²) in [6, 6.07) is 7.89. The molecule has 0 spiro atoms. The molecule has 0 heterocycles. The van der Waals surface area contributed by atoms with Crippen molar-refractivity contribution in [2.75, 3.05) is 0 Å². The number of hydrogen-bond donors (Lipinski definition) is 2. The zero-order chi connectivity index (χ0) is 11.2. The van der Waals surface area contributed by atoms with Gasteiger partial charge in [-0.25, -0.2) is 13.6 Å². The van der Waals surface area contributed by atoms with Gasteiger partial charge in [0.15, 0.2) is 0 Å². The number of nitrogens with two attached hydrogens (primary N) is 1. The van der Waals surface area contributed by atoms with Gasteiger partial charge < -0.3 is 5.11 Å². The molecule has 4 nitrogen and oxygen atoms in total. The normalized spacial score (nSPS) is 10.6. The molecule has 0 atom stereocenters. The highest BCUT2D eigenvalue weighted by Crippen LogP contribution is 2.02. The van der Waals surface area contributed by atoms with Crippen LogP contribution in [0.5, 0.6) is 0 Å². The number of aliphatic hydroxyl groups excluding tert-OH is 1. The maximum absolute atomic E-state index is 10.6. The first-order valence-corrected chi connectivity index (χ1v) is 5.64. The fraction of sp³-hybridized carbons (Fsp3) is 0.333. The van der Waals surface area contributed by atoms with Crippen LogP contribution in [-0.4, -0.2) is 19.6 Å². The van der Waals surface area contributed by atoms with Gasteiger partial charge in [0, 0.05) is 6.10 Å². The zero-order valence-corrected chi connectivity index (χ0v) is 9.03. The van der Waals surface area contributed by atoms with Crippen molar-refractivity contribution in [1.29, 1.82) is 0 Å². The van der Waals surface area contributed by atoms with Crippen LogP contribution in [0.2, 0.25) is 0 Å². The molecule has 80 valence electrons. The quantitative estimate of drug-likeness (QED) is 0.727. The molecule has 1 aromatic rings. The van der Waals surface area contributed by atoms with E-state index in [9.17, 15) is 8.42 Å². The number of hydrogen-bond acceptors (Lipinski definition) is 3. The molecular weight excluding hydrogens is 202 g/mol. The van der Waals surface area contributed by atoms with Gasteiger partial charge in [0.2, 0.25) is 10.0 Å². The Morgan fingerprint density at radius 2 is 1.57 bits per heavy atom. The fourth-order valence-corrected chi connectivity index (χ4v) is 1.15. The Morgan fingerprint density at radius 1 is 1.21 bits per heavy atom. The molecule has 0 radical (unpaired) electrons. The lowest BCUT2D eigenvalue weighted by atomic mass is 10.4. The lowest BCUT2D eigenvalue weighted by molar-refractivity contribution is 0.216. The van der Waals surface area contributed by atoms with E-state index in [1.807, 2.05) is 0 Å². The molecule has 14 heavy (non-hydrogen) atoms. The van der Waals surface area contributed by atoms with Crippen LogP contribution in [0.25, 0.3) is 0 Å². The second kappa shape index (κ2) is 5.74. The predicted octanol–water partition coefficient (Wildman–Crippen LogP) is 0.721. The Balaban J connectivity index is 0.000000364. The van der Waals surface area contributed by atoms with E-state index < -0.39 is 10.0 Å². The van der Waals surface area contributed by atoms with Gasteiger partial charge >= 0.3 is 0 Å². The molecule has 5 heteroatoms. The van der Waals surface area contributed by atoms with Crippen LogP contribution >= 0.6 is 0 Å². The van der Waals surface area contributed by atoms with Crippen LogP contribution in [0.15, 0.2) is 35.2 Å². The second-order valence-corrected chi connectivity index (χ2v) is 4.51. The van der Waals surface area contributed by atoms with E-state index in [1.54, 1.807) is 32.0 Å². The van der Waals surface area contributed by atoms with Gasteiger partial charge in [0.25, 0.3) is 0 Å². The number of benzene rings is 1. The van der Waals surface area contributed by atoms with Crippen molar-refractivity contribution in [3.63, 3.8) is 0 Å². The Kier molecular flexibility index (Phi) is 5.37. The van der Waals surface area contributed by atoms with E-state index in [0.717, 1.165) is 0 Å². The van der Waals surface area contributed by atoms with Gasteiger partial charge in [-0.2, -0.15) is 0 Å². The van der Waals surface area contributed by atoms with Crippen molar-refractivity contribution in [3.8, 4) is 0 Å². The summed E-state index contributed by atoms with van der Waals surface area (Å²) in [7, 11) is -3.50. The molecule has 0 aliphatic carbocycles.